The summed E-state index contributed by atoms with van der Waals surface area (Å²) in [4.78, 5) is 61.8. The number of nitroso groups, excluding NO2 is 1. The number of anilines is 2. The van der Waals surface area contributed by atoms with Crippen LogP contribution in [0.1, 0.15) is 20.8 Å². The number of nitrogens with two attached hydrogens (primary N) is 1. The Kier molecular flexibility index (Phi) is 7.05. The third-order valence-electron chi connectivity index (χ3n) is 4.02. The Labute approximate surface area is 169 Å². The van der Waals surface area contributed by atoms with Crippen LogP contribution in [-0.2, 0) is 40.4 Å². The van der Waals surface area contributed by atoms with Crippen molar-refractivity contribution in [3.05, 3.63) is 15.3 Å². The highest BCUT2D eigenvalue weighted by atomic mass is 16.6. The molecule has 0 radical (unpaired) electrons. The Bertz CT molecular complexity index is 915. The largest absolute Gasteiger partial charge is 0.456 e. The van der Waals surface area contributed by atoms with Gasteiger partial charge in [-0.2, -0.15) is 4.98 Å². The predicted molar refractivity (Wildman–Crippen MR) is 99.4 cm³/mol. The van der Waals surface area contributed by atoms with Crippen LogP contribution in [0.5, 0.6) is 0 Å². The fourth-order valence-electron chi connectivity index (χ4n) is 2.79. The van der Waals surface area contributed by atoms with Gasteiger partial charge in [0, 0.05) is 27.8 Å². The van der Waals surface area contributed by atoms with E-state index in [4.69, 9.17) is 24.7 Å². The van der Waals surface area contributed by atoms with E-state index in [1.807, 2.05) is 0 Å². The lowest BCUT2D eigenvalue weighted by Crippen LogP contribution is -2.59. The molecule has 0 saturated carbocycles. The molecule has 0 unspecified atom stereocenters. The van der Waals surface area contributed by atoms with Gasteiger partial charge in [-0.05, 0) is 5.18 Å². The van der Waals surface area contributed by atoms with Crippen molar-refractivity contribution in [3.8, 4) is 0 Å². The molecule has 0 amide bonds. The normalized spacial score (nSPS) is 23.2. The zero-order valence-electron chi connectivity index (χ0n) is 16.6. The topological polar surface area (TPSA) is 190 Å². The fourth-order valence-corrected chi connectivity index (χ4v) is 2.79. The molecule has 14 heteroatoms. The number of carbonyl (C=O) groups is 3. The summed E-state index contributed by atoms with van der Waals surface area (Å²) >= 11 is 0. The lowest BCUT2D eigenvalue weighted by Gasteiger charge is -2.40. The third kappa shape index (κ3) is 5.08. The summed E-state index contributed by atoms with van der Waals surface area (Å²) in [6.45, 7) is 3.09. The Balaban J connectivity index is 2.44. The predicted octanol–water partition coefficient (Wildman–Crippen LogP) is -0.676. The summed E-state index contributed by atoms with van der Waals surface area (Å²) in [5.74, 6) is -2.74. The maximum atomic E-state index is 12.2. The molecule has 4 atom stereocenters. The summed E-state index contributed by atoms with van der Waals surface area (Å²) in [7, 11) is 1.29. The molecule has 0 spiro atoms. The molecule has 1 aromatic heterocycles. The number of nitrogens with zero attached hydrogens (tertiary/aromatic N) is 3. The molecule has 1 aliphatic heterocycles. The average Bonchev–Trinajstić information content (AvgIpc) is 2.63. The Morgan fingerprint density at radius 3 is 2.23 bits per heavy atom. The molecule has 0 bridgehead atoms. The molecule has 164 valence electrons. The van der Waals surface area contributed by atoms with Gasteiger partial charge in [-0.15, -0.1) is 4.91 Å². The van der Waals surface area contributed by atoms with Gasteiger partial charge in [0.15, 0.2) is 30.4 Å². The second-order valence-corrected chi connectivity index (χ2v) is 6.32. The van der Waals surface area contributed by atoms with E-state index in [1.54, 1.807) is 0 Å². The van der Waals surface area contributed by atoms with E-state index in [-0.39, 0.29) is 18.4 Å². The van der Waals surface area contributed by atoms with E-state index in [0.29, 0.717) is 0 Å². The van der Waals surface area contributed by atoms with Crippen molar-refractivity contribution < 1.29 is 33.3 Å². The summed E-state index contributed by atoms with van der Waals surface area (Å²) in [6, 6.07) is 0. The van der Waals surface area contributed by atoms with Crippen LogP contribution >= 0.6 is 0 Å². The molecule has 1 aliphatic rings. The number of carbonyl (C=O) groups excluding carboxylic acids is 3. The van der Waals surface area contributed by atoms with Crippen LogP contribution in [0, 0.1) is 4.91 Å². The van der Waals surface area contributed by atoms with E-state index in [1.165, 1.54) is 7.05 Å². The van der Waals surface area contributed by atoms with Gasteiger partial charge >= 0.3 is 17.9 Å². The van der Waals surface area contributed by atoms with Crippen LogP contribution in [0.25, 0.3) is 0 Å². The minimum atomic E-state index is -1.34. The molecule has 3 N–H and O–H groups in total. The maximum absolute atomic E-state index is 12.2. The number of nitrogen functional groups attached to an aromatic ring is 1. The molecule has 1 fully saturated rings. The van der Waals surface area contributed by atoms with Gasteiger partial charge in [-0.25, -0.2) is 0 Å². The average molecular weight is 427 g/mol. The van der Waals surface area contributed by atoms with Crippen molar-refractivity contribution >= 4 is 35.4 Å². The van der Waals surface area contributed by atoms with Gasteiger partial charge in [0.05, 0.1) is 6.61 Å². The van der Waals surface area contributed by atoms with Crippen molar-refractivity contribution in [3.63, 3.8) is 0 Å². The standard InChI is InChI=1S/C16H21N5O9/c1-6(22)28-9-5-27-14(12(30-8(3)24)11(9)29-7(2)23)18-13-10(20-26)15(25)21(4)16(17)19-13/h9,11-12,14,18H,5H2,1-4H3,(H2,17,19)/t9-,11+,12+,14-/m0/s1. The van der Waals surface area contributed by atoms with Crippen LogP contribution in [0.4, 0.5) is 17.5 Å². The quantitative estimate of drug-likeness (QED) is 0.331. The second kappa shape index (κ2) is 9.30. The molecule has 0 aromatic carbocycles. The molecule has 30 heavy (non-hydrogen) atoms. The number of nitrogens with one attached hydrogen (secondary N) is 1. The number of hydrogen-bond donors (Lipinski definition) is 2. The zero-order chi connectivity index (χ0) is 22.6. The SMILES string of the molecule is CC(=O)O[C@@H]1[C@H](OC(C)=O)[C@@H](OC(C)=O)CO[C@@H]1Nc1nc(N)n(C)c(=O)c1N=O. The maximum Gasteiger partial charge on any atom is 0.303 e. The summed E-state index contributed by atoms with van der Waals surface area (Å²) in [6.07, 6.45) is -4.93. The molecular formula is C16H21N5O9. The van der Waals surface area contributed by atoms with Crippen LogP contribution in [-0.4, -0.2) is 58.6 Å². The van der Waals surface area contributed by atoms with Crippen molar-refractivity contribution in [2.45, 2.75) is 45.3 Å². The van der Waals surface area contributed by atoms with Crippen molar-refractivity contribution in [1.82, 2.24) is 9.55 Å². The van der Waals surface area contributed by atoms with E-state index in [0.717, 1.165) is 25.3 Å². The Morgan fingerprint density at radius 1 is 1.13 bits per heavy atom. The first-order valence-electron chi connectivity index (χ1n) is 8.64. The first-order chi connectivity index (χ1) is 14.0. The van der Waals surface area contributed by atoms with Gasteiger partial charge in [0.1, 0.15) is 0 Å². The molecule has 0 aliphatic carbocycles. The first kappa shape index (κ1) is 22.7. The summed E-state index contributed by atoms with van der Waals surface area (Å²) in [5.41, 5.74) is 4.23. The third-order valence-corrected chi connectivity index (χ3v) is 4.02. The molecular weight excluding hydrogens is 406 g/mol. The molecule has 2 heterocycles. The second-order valence-electron chi connectivity index (χ2n) is 6.32. The smallest absolute Gasteiger partial charge is 0.303 e. The first-order valence-corrected chi connectivity index (χ1v) is 8.64. The molecule has 1 saturated heterocycles. The van der Waals surface area contributed by atoms with Crippen molar-refractivity contribution in [2.24, 2.45) is 12.2 Å². The van der Waals surface area contributed by atoms with E-state index in [2.05, 4.69) is 15.5 Å². The Hall–Kier alpha value is -3.55. The van der Waals surface area contributed by atoms with Crippen LogP contribution in [0.15, 0.2) is 9.97 Å². The minimum Gasteiger partial charge on any atom is -0.456 e. The summed E-state index contributed by atoms with van der Waals surface area (Å²) in [5, 5.41) is 5.28. The highest BCUT2D eigenvalue weighted by Gasteiger charge is 2.47. The van der Waals surface area contributed by atoms with Crippen LogP contribution in [0.2, 0.25) is 0 Å². The van der Waals surface area contributed by atoms with E-state index in [9.17, 15) is 24.1 Å². The number of aromatic nitrogens is 2. The van der Waals surface area contributed by atoms with Gasteiger partial charge in [-0.1, -0.05) is 0 Å². The van der Waals surface area contributed by atoms with Crippen molar-refractivity contribution in [2.75, 3.05) is 17.7 Å². The molecule has 1 aromatic rings. The van der Waals surface area contributed by atoms with E-state index < -0.39 is 53.7 Å². The van der Waals surface area contributed by atoms with E-state index >= 15 is 0 Å². The Morgan fingerprint density at radius 2 is 1.70 bits per heavy atom. The monoisotopic (exact) mass is 427 g/mol. The molecule has 14 nitrogen and oxygen atoms in total. The van der Waals surface area contributed by atoms with Crippen molar-refractivity contribution in [1.29, 1.82) is 0 Å². The van der Waals surface area contributed by atoms with Crippen LogP contribution < -0.4 is 16.6 Å². The number of hydrogen-bond acceptors (Lipinski definition) is 13. The van der Waals surface area contributed by atoms with Gasteiger partial charge in [0.25, 0.3) is 5.56 Å². The lowest BCUT2D eigenvalue weighted by atomic mass is 10.0. The summed E-state index contributed by atoms with van der Waals surface area (Å²) < 4.78 is 22.0. The van der Waals surface area contributed by atoms with Gasteiger partial charge in [0.2, 0.25) is 11.6 Å². The highest BCUT2D eigenvalue weighted by Crippen LogP contribution is 2.27. The molecule has 2 rings (SSSR count). The number of ether oxygens (including phenoxy) is 4. The number of rotatable bonds is 6. The van der Waals surface area contributed by atoms with Gasteiger partial charge < -0.3 is 30.0 Å². The van der Waals surface area contributed by atoms with Crippen LogP contribution in [0.3, 0.4) is 0 Å². The lowest BCUT2D eigenvalue weighted by molar-refractivity contribution is -0.221. The highest BCUT2D eigenvalue weighted by molar-refractivity contribution is 5.68. The minimum absolute atomic E-state index is 0.232. The van der Waals surface area contributed by atoms with Gasteiger partial charge in [-0.3, -0.25) is 23.7 Å². The fraction of sp³-hybridized carbons (Fsp3) is 0.562. The zero-order valence-corrected chi connectivity index (χ0v) is 16.6. The number of esters is 3.